The predicted octanol–water partition coefficient (Wildman–Crippen LogP) is 4.08. The number of carbonyl (C=O) groups is 1. The summed E-state index contributed by atoms with van der Waals surface area (Å²) in [5.74, 6) is 4.59. The minimum Gasteiger partial charge on any atom is -0.355 e. The van der Waals surface area contributed by atoms with Crippen molar-refractivity contribution in [1.82, 2.24) is 5.43 Å². The number of carbonyl (C=O) groups excluding carboxylic acids is 1. The molecule has 0 radical (unpaired) electrons. The number of nitrogens with one attached hydrogen (secondary N) is 2. The Balaban J connectivity index is 0.00000127. The Morgan fingerprint density at radius 1 is 1.00 bits per heavy atom. The van der Waals surface area contributed by atoms with E-state index in [0.717, 1.165) is 12.1 Å². The van der Waals surface area contributed by atoms with Crippen LogP contribution < -0.4 is 16.6 Å². The van der Waals surface area contributed by atoms with Crippen molar-refractivity contribution in [2.75, 3.05) is 5.32 Å². The number of amides is 1. The van der Waals surface area contributed by atoms with Crippen molar-refractivity contribution >= 4 is 17.3 Å². The summed E-state index contributed by atoms with van der Waals surface area (Å²) in [6.07, 6.45) is -4.38. The quantitative estimate of drug-likeness (QED) is 0.452. The fraction of sp³-hybridized carbons (Fsp3) is 0.188. The summed E-state index contributed by atoms with van der Waals surface area (Å²) in [6.45, 7) is 4.00. The Labute approximate surface area is 132 Å². The number of halogens is 3. The van der Waals surface area contributed by atoms with Crippen LogP contribution in [-0.2, 0) is 6.18 Å². The molecule has 0 fully saturated rings. The van der Waals surface area contributed by atoms with Crippen molar-refractivity contribution in [3.63, 3.8) is 0 Å². The molecule has 7 heteroatoms. The van der Waals surface area contributed by atoms with Gasteiger partial charge in [0.2, 0.25) is 0 Å². The number of benzene rings is 2. The molecular formula is C16H18F3N3O. The van der Waals surface area contributed by atoms with Gasteiger partial charge in [-0.25, -0.2) is 5.84 Å². The average Bonchev–Trinajstić information content (AvgIpc) is 2.56. The molecule has 2 aromatic carbocycles. The van der Waals surface area contributed by atoms with Crippen LogP contribution in [0.5, 0.6) is 0 Å². The van der Waals surface area contributed by atoms with E-state index in [1.165, 1.54) is 12.1 Å². The third-order valence-electron chi connectivity index (χ3n) is 2.79. The van der Waals surface area contributed by atoms with Crippen LogP contribution in [0, 0.1) is 0 Å². The van der Waals surface area contributed by atoms with Crippen molar-refractivity contribution in [2.45, 2.75) is 20.0 Å². The van der Waals surface area contributed by atoms with Gasteiger partial charge in [-0.15, -0.1) is 0 Å². The maximum atomic E-state index is 12.5. The van der Waals surface area contributed by atoms with Crippen LogP contribution in [0.4, 0.5) is 24.5 Å². The van der Waals surface area contributed by atoms with Gasteiger partial charge in [0.05, 0.1) is 16.8 Å². The third-order valence-corrected chi connectivity index (χ3v) is 2.79. The summed E-state index contributed by atoms with van der Waals surface area (Å²) in [7, 11) is 0. The van der Waals surface area contributed by atoms with Crippen LogP contribution in [-0.4, -0.2) is 5.91 Å². The fourth-order valence-corrected chi connectivity index (χ4v) is 1.77. The van der Waals surface area contributed by atoms with E-state index < -0.39 is 17.6 Å². The Morgan fingerprint density at radius 3 is 2.09 bits per heavy atom. The van der Waals surface area contributed by atoms with Gasteiger partial charge in [0.15, 0.2) is 0 Å². The second-order valence-electron chi connectivity index (χ2n) is 4.22. The summed E-state index contributed by atoms with van der Waals surface area (Å²) in [4.78, 5) is 11.6. The highest BCUT2D eigenvalue weighted by Crippen LogP contribution is 2.30. The van der Waals surface area contributed by atoms with Crippen molar-refractivity contribution in [3.8, 4) is 0 Å². The highest BCUT2D eigenvalue weighted by molar-refractivity contribution is 5.99. The molecule has 124 valence electrons. The van der Waals surface area contributed by atoms with Gasteiger partial charge >= 0.3 is 6.18 Å². The molecule has 0 atom stereocenters. The van der Waals surface area contributed by atoms with Gasteiger partial charge in [-0.2, -0.15) is 13.2 Å². The van der Waals surface area contributed by atoms with Crippen LogP contribution in [0.15, 0.2) is 48.5 Å². The molecular weight excluding hydrogens is 307 g/mol. The average molecular weight is 325 g/mol. The first-order valence-electron chi connectivity index (χ1n) is 6.96. The number of para-hydroxylation sites is 1. The molecule has 0 aromatic heterocycles. The summed E-state index contributed by atoms with van der Waals surface area (Å²) >= 11 is 0. The van der Waals surface area contributed by atoms with E-state index in [1.54, 1.807) is 24.3 Å². The van der Waals surface area contributed by atoms with Crippen LogP contribution in [0.1, 0.15) is 29.8 Å². The van der Waals surface area contributed by atoms with Crippen molar-refractivity contribution in [3.05, 3.63) is 59.7 Å². The van der Waals surface area contributed by atoms with E-state index in [4.69, 9.17) is 5.84 Å². The first kappa shape index (κ1) is 18.5. The fourth-order valence-electron chi connectivity index (χ4n) is 1.77. The smallest absolute Gasteiger partial charge is 0.355 e. The topological polar surface area (TPSA) is 67.1 Å². The summed E-state index contributed by atoms with van der Waals surface area (Å²) in [5.41, 5.74) is 2.44. The number of hydrogen-bond acceptors (Lipinski definition) is 3. The number of alkyl halides is 3. The monoisotopic (exact) mass is 325 g/mol. The van der Waals surface area contributed by atoms with E-state index in [-0.39, 0.29) is 0 Å². The Kier molecular flexibility index (Phi) is 6.59. The van der Waals surface area contributed by atoms with E-state index in [0.29, 0.717) is 16.9 Å². The SMILES string of the molecule is CC.NNC(=O)c1ccccc1Nc1ccc(C(F)(F)F)cc1. The Hall–Kier alpha value is -2.54. The number of anilines is 2. The van der Waals surface area contributed by atoms with Gasteiger partial charge < -0.3 is 5.32 Å². The number of hydrogen-bond donors (Lipinski definition) is 3. The molecule has 0 unspecified atom stereocenters. The van der Waals surface area contributed by atoms with E-state index in [2.05, 4.69) is 5.32 Å². The minimum atomic E-state index is -4.38. The molecule has 4 N–H and O–H groups in total. The molecule has 0 aliphatic heterocycles. The lowest BCUT2D eigenvalue weighted by Crippen LogP contribution is -2.30. The zero-order valence-electron chi connectivity index (χ0n) is 12.7. The standard InChI is InChI=1S/C14H12F3N3O.C2H6/c15-14(16,17)9-5-7-10(8-6-9)19-12-4-2-1-3-11(12)13(21)20-18;1-2/h1-8,19H,18H2,(H,20,21);1-2H3. The lowest BCUT2D eigenvalue weighted by molar-refractivity contribution is -0.137. The molecule has 0 bridgehead atoms. The second-order valence-corrected chi connectivity index (χ2v) is 4.22. The van der Waals surface area contributed by atoms with Crippen LogP contribution in [0.25, 0.3) is 0 Å². The lowest BCUT2D eigenvalue weighted by atomic mass is 10.1. The Morgan fingerprint density at radius 2 is 1.57 bits per heavy atom. The van der Waals surface area contributed by atoms with Gasteiger partial charge in [-0.1, -0.05) is 26.0 Å². The zero-order chi connectivity index (χ0) is 17.5. The van der Waals surface area contributed by atoms with Gasteiger partial charge in [0.25, 0.3) is 5.91 Å². The van der Waals surface area contributed by atoms with Gasteiger partial charge in [0, 0.05) is 5.69 Å². The van der Waals surface area contributed by atoms with E-state index in [1.807, 2.05) is 19.3 Å². The second kappa shape index (κ2) is 8.19. The summed E-state index contributed by atoms with van der Waals surface area (Å²) in [6, 6.07) is 11.0. The molecule has 0 heterocycles. The number of hydrazine groups is 1. The van der Waals surface area contributed by atoms with Crippen LogP contribution >= 0.6 is 0 Å². The molecule has 23 heavy (non-hydrogen) atoms. The summed E-state index contributed by atoms with van der Waals surface area (Å²) in [5, 5.41) is 2.88. The van der Waals surface area contributed by atoms with Crippen molar-refractivity contribution in [1.29, 1.82) is 0 Å². The van der Waals surface area contributed by atoms with E-state index in [9.17, 15) is 18.0 Å². The first-order valence-corrected chi connectivity index (χ1v) is 6.96. The largest absolute Gasteiger partial charge is 0.416 e. The minimum absolute atomic E-state index is 0.292. The molecule has 0 saturated heterocycles. The molecule has 0 aliphatic rings. The van der Waals surface area contributed by atoms with Gasteiger partial charge in [-0.3, -0.25) is 10.2 Å². The molecule has 1 amide bonds. The van der Waals surface area contributed by atoms with Crippen LogP contribution in [0.2, 0.25) is 0 Å². The molecule has 2 rings (SSSR count). The number of rotatable bonds is 3. The maximum Gasteiger partial charge on any atom is 0.416 e. The third kappa shape index (κ3) is 5.00. The van der Waals surface area contributed by atoms with Crippen molar-refractivity contribution < 1.29 is 18.0 Å². The van der Waals surface area contributed by atoms with Crippen LogP contribution in [0.3, 0.4) is 0 Å². The number of nitrogen functional groups attached to an aromatic ring is 1. The van der Waals surface area contributed by atoms with Crippen molar-refractivity contribution in [2.24, 2.45) is 5.84 Å². The summed E-state index contributed by atoms with van der Waals surface area (Å²) < 4.78 is 37.4. The zero-order valence-corrected chi connectivity index (χ0v) is 12.7. The number of nitrogens with two attached hydrogens (primary N) is 1. The molecule has 0 aliphatic carbocycles. The molecule has 0 saturated carbocycles. The first-order chi connectivity index (χ1) is 10.9. The van der Waals surface area contributed by atoms with Gasteiger partial charge in [0.1, 0.15) is 0 Å². The van der Waals surface area contributed by atoms with Gasteiger partial charge in [-0.05, 0) is 36.4 Å². The highest BCUT2D eigenvalue weighted by atomic mass is 19.4. The molecule has 2 aromatic rings. The van der Waals surface area contributed by atoms with E-state index >= 15 is 0 Å². The predicted molar refractivity (Wildman–Crippen MR) is 84.2 cm³/mol. The lowest BCUT2D eigenvalue weighted by Gasteiger charge is -2.12. The molecule has 0 spiro atoms. The maximum absolute atomic E-state index is 12.5. The molecule has 4 nitrogen and oxygen atoms in total. The highest BCUT2D eigenvalue weighted by Gasteiger charge is 2.29. The normalized spacial score (nSPS) is 10.3. The Bertz CT molecular complexity index is 640.